The molecule has 0 aliphatic heterocycles. The van der Waals surface area contributed by atoms with Crippen molar-refractivity contribution in [1.82, 2.24) is 15.1 Å². The molecule has 21 heavy (non-hydrogen) atoms. The summed E-state index contributed by atoms with van der Waals surface area (Å²) >= 11 is 0. The summed E-state index contributed by atoms with van der Waals surface area (Å²) in [7, 11) is 0. The number of aromatic nitrogens is 3. The average Bonchev–Trinajstić information content (AvgIpc) is 2.81. The fourth-order valence-corrected chi connectivity index (χ4v) is 1.62. The van der Waals surface area contributed by atoms with Crippen molar-refractivity contribution >= 4 is 11.6 Å². The van der Waals surface area contributed by atoms with Crippen LogP contribution in [0.15, 0.2) is 16.7 Å². The van der Waals surface area contributed by atoms with Crippen molar-refractivity contribution in [3.63, 3.8) is 0 Å². The van der Waals surface area contributed by atoms with E-state index in [1.807, 2.05) is 0 Å². The Bertz CT molecular complexity index is 611. The van der Waals surface area contributed by atoms with Crippen molar-refractivity contribution in [2.75, 3.05) is 17.2 Å². The number of nitrogens with one attached hydrogen (secondary N) is 2. The van der Waals surface area contributed by atoms with Crippen LogP contribution in [0.4, 0.5) is 24.8 Å². The highest BCUT2D eigenvalue weighted by atomic mass is 19.4. The normalized spacial score (nSPS) is 11.5. The zero-order chi connectivity index (χ0) is 15.5. The summed E-state index contributed by atoms with van der Waals surface area (Å²) in [4.78, 5) is 6.90. The van der Waals surface area contributed by atoms with Crippen molar-refractivity contribution in [2.45, 2.75) is 26.6 Å². The van der Waals surface area contributed by atoms with Crippen LogP contribution in [0.1, 0.15) is 24.2 Å². The van der Waals surface area contributed by atoms with Crippen LogP contribution in [0.5, 0.6) is 0 Å². The summed E-state index contributed by atoms with van der Waals surface area (Å²) in [6.07, 6.45) is -4.60. The Balaban J connectivity index is 2.19. The first kappa shape index (κ1) is 15.1. The molecule has 0 aliphatic rings. The topological polar surface area (TPSA) is 75.9 Å². The molecule has 2 N–H and O–H groups in total. The van der Waals surface area contributed by atoms with Gasteiger partial charge in [0, 0.05) is 18.7 Å². The monoisotopic (exact) mass is 301 g/mol. The van der Waals surface area contributed by atoms with Gasteiger partial charge < -0.3 is 15.2 Å². The maximum atomic E-state index is 12.7. The SMILES string of the molecule is CCNc1cc(NCc2cc(C)on2)nc(C(F)(F)F)n1. The van der Waals surface area contributed by atoms with E-state index in [2.05, 4.69) is 25.8 Å². The molecule has 6 nitrogen and oxygen atoms in total. The van der Waals surface area contributed by atoms with E-state index >= 15 is 0 Å². The minimum atomic E-state index is -4.60. The Hall–Kier alpha value is -2.32. The number of aryl methyl sites for hydroxylation is 1. The van der Waals surface area contributed by atoms with Gasteiger partial charge in [-0.05, 0) is 13.8 Å². The quantitative estimate of drug-likeness (QED) is 0.884. The van der Waals surface area contributed by atoms with Gasteiger partial charge >= 0.3 is 6.18 Å². The zero-order valence-electron chi connectivity index (χ0n) is 11.5. The standard InChI is InChI=1S/C12H14F3N5O/c1-3-16-9-5-10(19-11(18-9)12(13,14)15)17-6-8-4-7(2)21-20-8/h4-5H,3,6H2,1-2H3,(H2,16,17,18,19). The number of halogens is 3. The summed E-state index contributed by atoms with van der Waals surface area (Å²) < 4.78 is 43.1. The van der Waals surface area contributed by atoms with Gasteiger partial charge in [0.15, 0.2) is 0 Å². The van der Waals surface area contributed by atoms with Gasteiger partial charge in [-0.1, -0.05) is 5.16 Å². The molecule has 0 amide bonds. The highest BCUT2D eigenvalue weighted by molar-refractivity contribution is 5.48. The minimum Gasteiger partial charge on any atom is -0.370 e. The van der Waals surface area contributed by atoms with Crippen molar-refractivity contribution in [2.24, 2.45) is 0 Å². The van der Waals surface area contributed by atoms with Crippen LogP contribution < -0.4 is 10.6 Å². The fourth-order valence-electron chi connectivity index (χ4n) is 1.62. The van der Waals surface area contributed by atoms with Crippen LogP contribution in [-0.2, 0) is 12.7 Å². The molecular weight excluding hydrogens is 287 g/mol. The van der Waals surface area contributed by atoms with E-state index in [4.69, 9.17) is 4.52 Å². The Labute approximate surface area is 118 Å². The van der Waals surface area contributed by atoms with E-state index in [0.717, 1.165) is 0 Å². The summed E-state index contributed by atoms with van der Waals surface area (Å²) in [6.45, 7) is 4.15. The number of nitrogens with zero attached hydrogens (tertiary/aromatic N) is 3. The molecule has 2 aromatic rings. The fraction of sp³-hybridized carbons (Fsp3) is 0.417. The molecule has 114 valence electrons. The highest BCUT2D eigenvalue weighted by Crippen LogP contribution is 2.28. The molecule has 0 unspecified atom stereocenters. The molecule has 9 heteroatoms. The Kier molecular flexibility index (Phi) is 4.29. The second-order valence-electron chi connectivity index (χ2n) is 4.27. The van der Waals surface area contributed by atoms with E-state index in [1.165, 1.54) is 6.07 Å². The number of rotatable bonds is 5. The van der Waals surface area contributed by atoms with E-state index in [1.54, 1.807) is 19.9 Å². The first-order valence-electron chi connectivity index (χ1n) is 6.24. The van der Waals surface area contributed by atoms with Crippen molar-refractivity contribution in [3.8, 4) is 0 Å². The summed E-state index contributed by atoms with van der Waals surface area (Å²) in [5.41, 5.74) is 0.574. The molecule has 0 atom stereocenters. The molecule has 0 bridgehead atoms. The Morgan fingerprint density at radius 3 is 2.33 bits per heavy atom. The summed E-state index contributed by atoms with van der Waals surface area (Å²) in [5, 5.41) is 9.25. The molecule has 2 aromatic heterocycles. The Morgan fingerprint density at radius 2 is 1.81 bits per heavy atom. The van der Waals surface area contributed by atoms with Crippen LogP contribution in [-0.4, -0.2) is 21.7 Å². The van der Waals surface area contributed by atoms with Gasteiger partial charge in [-0.2, -0.15) is 13.2 Å². The second-order valence-corrected chi connectivity index (χ2v) is 4.27. The largest absolute Gasteiger partial charge is 0.451 e. The predicted molar refractivity (Wildman–Crippen MR) is 69.8 cm³/mol. The van der Waals surface area contributed by atoms with Gasteiger partial charge in [0.1, 0.15) is 23.1 Å². The van der Waals surface area contributed by atoms with E-state index < -0.39 is 12.0 Å². The van der Waals surface area contributed by atoms with Crippen LogP contribution in [0.2, 0.25) is 0 Å². The number of alkyl halides is 3. The summed E-state index contributed by atoms with van der Waals surface area (Å²) in [6, 6.07) is 3.09. The average molecular weight is 301 g/mol. The molecule has 0 aliphatic carbocycles. The van der Waals surface area contributed by atoms with Crippen LogP contribution in [0.25, 0.3) is 0 Å². The predicted octanol–water partition coefficient (Wildman–Crippen LogP) is 2.84. The Morgan fingerprint density at radius 1 is 1.14 bits per heavy atom. The lowest BCUT2D eigenvalue weighted by molar-refractivity contribution is -0.144. The van der Waals surface area contributed by atoms with Gasteiger partial charge in [0.2, 0.25) is 5.82 Å². The number of anilines is 2. The van der Waals surface area contributed by atoms with E-state index in [0.29, 0.717) is 18.0 Å². The van der Waals surface area contributed by atoms with Gasteiger partial charge in [0.25, 0.3) is 0 Å². The van der Waals surface area contributed by atoms with Crippen molar-refractivity contribution < 1.29 is 17.7 Å². The molecule has 2 rings (SSSR count). The van der Waals surface area contributed by atoms with Gasteiger partial charge in [-0.15, -0.1) is 0 Å². The van der Waals surface area contributed by atoms with Crippen molar-refractivity contribution in [3.05, 3.63) is 29.4 Å². The molecule has 0 saturated heterocycles. The third-order valence-corrected chi connectivity index (χ3v) is 2.46. The third kappa shape index (κ3) is 4.07. The van der Waals surface area contributed by atoms with Crippen LogP contribution >= 0.6 is 0 Å². The maximum Gasteiger partial charge on any atom is 0.451 e. The summed E-state index contributed by atoms with van der Waals surface area (Å²) in [5.74, 6) is -0.397. The van der Waals surface area contributed by atoms with Crippen molar-refractivity contribution in [1.29, 1.82) is 0 Å². The van der Waals surface area contributed by atoms with E-state index in [9.17, 15) is 13.2 Å². The van der Waals surface area contributed by atoms with Crippen LogP contribution in [0, 0.1) is 6.92 Å². The molecule has 0 radical (unpaired) electrons. The minimum absolute atomic E-state index is 0.0638. The van der Waals surface area contributed by atoms with Crippen LogP contribution in [0.3, 0.4) is 0 Å². The van der Waals surface area contributed by atoms with Gasteiger partial charge in [0.05, 0.1) is 6.54 Å². The lowest BCUT2D eigenvalue weighted by Gasteiger charge is -2.11. The lowest BCUT2D eigenvalue weighted by atomic mass is 10.3. The molecule has 0 fully saturated rings. The first-order chi connectivity index (χ1) is 9.88. The highest BCUT2D eigenvalue weighted by Gasteiger charge is 2.35. The maximum absolute atomic E-state index is 12.7. The molecule has 0 saturated carbocycles. The smallest absolute Gasteiger partial charge is 0.370 e. The zero-order valence-corrected chi connectivity index (χ0v) is 11.5. The number of hydrogen-bond acceptors (Lipinski definition) is 6. The molecule has 0 aromatic carbocycles. The van der Waals surface area contributed by atoms with Gasteiger partial charge in [-0.3, -0.25) is 0 Å². The third-order valence-electron chi connectivity index (χ3n) is 2.46. The first-order valence-corrected chi connectivity index (χ1v) is 6.24. The second kappa shape index (κ2) is 5.98. The molecule has 2 heterocycles. The lowest BCUT2D eigenvalue weighted by Crippen LogP contribution is -2.15. The molecular formula is C12H14F3N5O. The molecule has 0 spiro atoms. The number of hydrogen-bond donors (Lipinski definition) is 2. The van der Waals surface area contributed by atoms with E-state index in [-0.39, 0.29) is 18.2 Å². The van der Waals surface area contributed by atoms with Gasteiger partial charge in [-0.25, -0.2) is 9.97 Å².